The van der Waals surface area contributed by atoms with Gasteiger partial charge in [-0.05, 0) is 13.3 Å². The highest BCUT2D eigenvalue weighted by molar-refractivity contribution is 5.90. The van der Waals surface area contributed by atoms with Crippen molar-refractivity contribution in [2.24, 2.45) is 0 Å². The molecule has 0 unspecified atom stereocenters. The van der Waals surface area contributed by atoms with E-state index >= 15 is 0 Å². The van der Waals surface area contributed by atoms with Crippen molar-refractivity contribution in [3.05, 3.63) is 17.2 Å². The molecule has 0 aliphatic carbocycles. The van der Waals surface area contributed by atoms with E-state index < -0.39 is 29.4 Å². The molecule has 0 saturated carbocycles. The van der Waals surface area contributed by atoms with Gasteiger partial charge in [0.2, 0.25) is 0 Å². The Balaban J connectivity index is 2.50. The van der Waals surface area contributed by atoms with Gasteiger partial charge in [0.1, 0.15) is 0 Å². The summed E-state index contributed by atoms with van der Waals surface area (Å²) in [5.41, 5.74) is -2.18. The first-order valence-corrected chi connectivity index (χ1v) is 6.30. The van der Waals surface area contributed by atoms with E-state index in [1.165, 1.54) is 6.92 Å². The number of hydrogen-bond acceptors (Lipinski definition) is 5. The first-order valence-electron chi connectivity index (χ1n) is 6.30. The molecular weight excluding hydrogens is 293 g/mol. The second-order valence-electron chi connectivity index (χ2n) is 4.40. The molecule has 1 aliphatic rings. The SMILES string of the molecule is CCOC(=O)c1c(C(F)(F)F)nc(C=O)n1C[C@@H]1CCO1. The molecule has 0 amide bonds. The number of ether oxygens (including phenoxy) is 2. The van der Waals surface area contributed by atoms with Crippen LogP contribution in [-0.2, 0) is 22.2 Å². The average Bonchev–Trinajstić information content (AvgIpc) is 2.72. The van der Waals surface area contributed by atoms with Gasteiger partial charge >= 0.3 is 12.1 Å². The largest absolute Gasteiger partial charge is 0.461 e. The van der Waals surface area contributed by atoms with Crippen molar-refractivity contribution in [3.63, 3.8) is 0 Å². The number of aromatic nitrogens is 2. The number of imidazole rings is 1. The Labute approximate surface area is 117 Å². The second-order valence-corrected chi connectivity index (χ2v) is 4.40. The van der Waals surface area contributed by atoms with Crippen LogP contribution >= 0.6 is 0 Å². The zero-order chi connectivity index (χ0) is 15.6. The van der Waals surface area contributed by atoms with E-state index in [1.54, 1.807) is 0 Å². The predicted molar refractivity (Wildman–Crippen MR) is 62.9 cm³/mol. The molecule has 1 aromatic heterocycles. The number of nitrogens with zero attached hydrogens (tertiary/aromatic N) is 2. The van der Waals surface area contributed by atoms with Crippen LogP contribution in [0.5, 0.6) is 0 Å². The summed E-state index contributed by atoms with van der Waals surface area (Å²) in [5.74, 6) is -1.63. The molecule has 1 aliphatic heterocycles. The third kappa shape index (κ3) is 3.07. The van der Waals surface area contributed by atoms with Gasteiger partial charge in [-0.2, -0.15) is 13.2 Å². The van der Waals surface area contributed by atoms with Crippen molar-refractivity contribution in [1.82, 2.24) is 9.55 Å². The van der Waals surface area contributed by atoms with Crippen LogP contribution in [0.25, 0.3) is 0 Å². The Bertz CT molecular complexity index is 549. The molecule has 1 fully saturated rings. The standard InChI is InChI=1S/C12H13F3N2O4/c1-2-20-11(19)9-10(12(13,14)15)16-8(6-18)17(9)5-7-3-4-21-7/h6-7H,2-5H2,1H3/t7-/m0/s1. The van der Waals surface area contributed by atoms with Crippen LogP contribution in [0.4, 0.5) is 13.2 Å². The Morgan fingerprint density at radius 3 is 2.67 bits per heavy atom. The van der Waals surface area contributed by atoms with E-state index in [1.807, 2.05) is 0 Å². The summed E-state index contributed by atoms with van der Waals surface area (Å²) < 4.78 is 49.6. The monoisotopic (exact) mass is 306 g/mol. The van der Waals surface area contributed by atoms with Gasteiger partial charge < -0.3 is 14.0 Å². The van der Waals surface area contributed by atoms with Crippen molar-refractivity contribution in [1.29, 1.82) is 0 Å². The molecule has 0 bridgehead atoms. The van der Waals surface area contributed by atoms with E-state index in [2.05, 4.69) is 9.72 Å². The Hall–Kier alpha value is -1.90. The van der Waals surface area contributed by atoms with E-state index in [4.69, 9.17) is 4.74 Å². The Morgan fingerprint density at radius 2 is 2.24 bits per heavy atom. The first kappa shape index (κ1) is 15.5. The number of halogens is 3. The quantitative estimate of drug-likeness (QED) is 0.611. The van der Waals surface area contributed by atoms with E-state index in [0.29, 0.717) is 13.0 Å². The lowest BCUT2D eigenvalue weighted by atomic mass is 10.2. The molecule has 6 nitrogen and oxygen atoms in total. The lowest BCUT2D eigenvalue weighted by Gasteiger charge is -2.27. The van der Waals surface area contributed by atoms with Gasteiger partial charge in [0.15, 0.2) is 23.5 Å². The van der Waals surface area contributed by atoms with Gasteiger partial charge in [-0.3, -0.25) is 4.79 Å². The zero-order valence-corrected chi connectivity index (χ0v) is 11.1. The van der Waals surface area contributed by atoms with Crippen LogP contribution in [0.2, 0.25) is 0 Å². The lowest BCUT2D eigenvalue weighted by Crippen LogP contribution is -2.33. The lowest BCUT2D eigenvalue weighted by molar-refractivity contribution is -0.141. The maximum absolute atomic E-state index is 13.0. The van der Waals surface area contributed by atoms with Crippen molar-refractivity contribution < 1.29 is 32.2 Å². The molecule has 2 rings (SSSR count). The zero-order valence-electron chi connectivity index (χ0n) is 11.1. The summed E-state index contributed by atoms with van der Waals surface area (Å²) in [4.78, 5) is 26.0. The summed E-state index contributed by atoms with van der Waals surface area (Å²) in [5, 5.41) is 0. The molecule has 0 spiro atoms. The van der Waals surface area contributed by atoms with Gasteiger partial charge in [0.25, 0.3) is 0 Å². The number of hydrogen-bond donors (Lipinski definition) is 0. The normalized spacial score (nSPS) is 18.2. The topological polar surface area (TPSA) is 70.4 Å². The number of rotatable bonds is 5. The first-order chi connectivity index (χ1) is 9.88. The average molecular weight is 306 g/mol. The molecule has 9 heteroatoms. The summed E-state index contributed by atoms with van der Waals surface area (Å²) in [6.45, 7) is 1.83. The number of carbonyl (C=O) groups excluding carboxylic acids is 2. The minimum Gasteiger partial charge on any atom is -0.461 e. The minimum absolute atomic E-state index is 0.0503. The fraction of sp³-hybridized carbons (Fsp3) is 0.583. The van der Waals surface area contributed by atoms with Crippen LogP contribution in [-0.4, -0.2) is 41.1 Å². The van der Waals surface area contributed by atoms with E-state index in [0.717, 1.165) is 4.57 Å². The van der Waals surface area contributed by atoms with E-state index in [-0.39, 0.29) is 25.5 Å². The van der Waals surface area contributed by atoms with Crippen molar-refractivity contribution in [2.45, 2.75) is 32.2 Å². The Kier molecular flexibility index (Phi) is 4.31. The van der Waals surface area contributed by atoms with E-state index in [9.17, 15) is 22.8 Å². The van der Waals surface area contributed by atoms with Crippen LogP contribution < -0.4 is 0 Å². The summed E-state index contributed by atoms with van der Waals surface area (Å²) in [6, 6.07) is 0. The van der Waals surface area contributed by atoms with Crippen molar-refractivity contribution in [2.75, 3.05) is 13.2 Å². The van der Waals surface area contributed by atoms with Gasteiger partial charge in [0, 0.05) is 6.61 Å². The fourth-order valence-corrected chi connectivity index (χ4v) is 1.98. The van der Waals surface area contributed by atoms with Gasteiger partial charge in [0.05, 0.1) is 19.3 Å². The van der Waals surface area contributed by atoms with Crippen LogP contribution in [0.15, 0.2) is 0 Å². The molecule has 116 valence electrons. The summed E-state index contributed by atoms with van der Waals surface area (Å²) >= 11 is 0. The maximum atomic E-state index is 13.0. The summed E-state index contributed by atoms with van der Waals surface area (Å²) in [7, 11) is 0. The summed E-state index contributed by atoms with van der Waals surface area (Å²) in [6.07, 6.45) is -4.38. The molecule has 1 atom stereocenters. The van der Waals surface area contributed by atoms with Crippen molar-refractivity contribution >= 4 is 12.3 Å². The minimum atomic E-state index is -4.86. The van der Waals surface area contributed by atoms with Gasteiger partial charge in [-0.15, -0.1) is 0 Å². The molecule has 0 aromatic carbocycles. The maximum Gasteiger partial charge on any atom is 0.435 e. The third-order valence-electron chi connectivity index (χ3n) is 3.02. The highest BCUT2D eigenvalue weighted by Crippen LogP contribution is 2.32. The molecule has 0 N–H and O–H groups in total. The molecule has 2 heterocycles. The van der Waals surface area contributed by atoms with Crippen LogP contribution in [0.1, 0.15) is 40.1 Å². The van der Waals surface area contributed by atoms with Crippen LogP contribution in [0.3, 0.4) is 0 Å². The highest BCUT2D eigenvalue weighted by Gasteiger charge is 2.42. The van der Waals surface area contributed by atoms with Crippen LogP contribution in [0, 0.1) is 0 Å². The second kappa shape index (κ2) is 5.84. The third-order valence-corrected chi connectivity index (χ3v) is 3.02. The molecule has 1 saturated heterocycles. The Morgan fingerprint density at radius 1 is 1.57 bits per heavy atom. The fourth-order valence-electron chi connectivity index (χ4n) is 1.98. The highest BCUT2D eigenvalue weighted by atomic mass is 19.4. The van der Waals surface area contributed by atoms with Crippen molar-refractivity contribution in [3.8, 4) is 0 Å². The number of alkyl halides is 3. The molecule has 0 radical (unpaired) electrons. The number of carbonyl (C=O) groups is 2. The molecule has 21 heavy (non-hydrogen) atoms. The smallest absolute Gasteiger partial charge is 0.435 e. The molecule has 1 aromatic rings. The van der Waals surface area contributed by atoms with Gasteiger partial charge in [-0.1, -0.05) is 0 Å². The number of aldehydes is 1. The van der Waals surface area contributed by atoms with Gasteiger partial charge in [-0.25, -0.2) is 9.78 Å². The predicted octanol–water partition coefficient (Wildman–Crippen LogP) is 1.68. The number of esters is 1. The molecular formula is C12H13F3N2O4.